The lowest BCUT2D eigenvalue weighted by Crippen LogP contribution is -2.13. The highest BCUT2D eigenvalue weighted by Gasteiger charge is 2.18. The normalized spacial score (nSPS) is 12.3. The van der Waals surface area contributed by atoms with E-state index in [9.17, 15) is 16.8 Å². The fourth-order valence-electron chi connectivity index (χ4n) is 2.44. The van der Waals surface area contributed by atoms with Gasteiger partial charge in [0.2, 0.25) is 20.0 Å². The number of halogens is 4. The molecule has 0 saturated carbocycles. The van der Waals surface area contributed by atoms with Gasteiger partial charge >= 0.3 is 0 Å². The van der Waals surface area contributed by atoms with Crippen molar-refractivity contribution in [3.8, 4) is 0 Å². The Labute approximate surface area is 203 Å². The molecule has 2 aromatic carbocycles. The zero-order valence-electron chi connectivity index (χ0n) is 15.1. The molecule has 0 unspecified atom stereocenters. The van der Waals surface area contributed by atoms with Crippen molar-refractivity contribution in [2.24, 2.45) is 10.3 Å². The van der Waals surface area contributed by atoms with Crippen LogP contribution in [0, 0.1) is 0 Å². The average molecular weight is 570 g/mol. The van der Waals surface area contributed by atoms with E-state index in [0.717, 1.165) is 0 Å². The molecule has 0 spiro atoms. The van der Waals surface area contributed by atoms with Gasteiger partial charge in [-0.2, -0.15) is 0 Å². The molecule has 0 saturated heterocycles. The zero-order valence-corrected chi connectivity index (χ0v) is 21.4. The standard InChI is InChI=1S/C16H16Cl4N2O4S4/c17-11-5-9(15(19)13(7-11)29(21,23)24)1-3-27-28-4-2-10-6-12(18)8-14(16(10)20)30(22,25)26/h5-8H,1-4H2,(H2,21,23,24)(H2,22,25,26). The van der Waals surface area contributed by atoms with Crippen LogP contribution in [-0.2, 0) is 32.9 Å². The molecule has 2 rings (SSSR count). The fourth-order valence-corrected chi connectivity index (χ4v) is 7.49. The maximum absolute atomic E-state index is 11.6. The number of aryl methyl sites for hydroxylation is 2. The molecule has 0 radical (unpaired) electrons. The lowest BCUT2D eigenvalue weighted by molar-refractivity contribution is 0.596. The van der Waals surface area contributed by atoms with Gasteiger partial charge in [-0.25, -0.2) is 27.1 Å². The smallest absolute Gasteiger partial charge is 0.225 e. The van der Waals surface area contributed by atoms with Gasteiger partial charge < -0.3 is 0 Å². The van der Waals surface area contributed by atoms with Crippen molar-refractivity contribution in [2.45, 2.75) is 22.6 Å². The summed E-state index contributed by atoms with van der Waals surface area (Å²) >= 11 is 24.2. The van der Waals surface area contributed by atoms with Crippen LogP contribution in [0.5, 0.6) is 0 Å². The van der Waals surface area contributed by atoms with E-state index in [2.05, 4.69) is 0 Å². The number of rotatable bonds is 9. The molecule has 0 fully saturated rings. The highest BCUT2D eigenvalue weighted by Crippen LogP contribution is 2.33. The minimum absolute atomic E-state index is 0.0636. The van der Waals surface area contributed by atoms with Crippen LogP contribution in [0.2, 0.25) is 20.1 Å². The van der Waals surface area contributed by atoms with E-state index in [1.807, 2.05) is 0 Å². The summed E-state index contributed by atoms with van der Waals surface area (Å²) < 4.78 is 46.4. The molecule has 0 aromatic heterocycles. The van der Waals surface area contributed by atoms with E-state index >= 15 is 0 Å². The van der Waals surface area contributed by atoms with E-state index in [1.54, 1.807) is 12.1 Å². The van der Waals surface area contributed by atoms with Gasteiger partial charge in [0, 0.05) is 21.6 Å². The lowest BCUT2D eigenvalue weighted by Gasteiger charge is -2.10. The van der Waals surface area contributed by atoms with Gasteiger partial charge in [-0.05, 0) is 48.2 Å². The summed E-state index contributed by atoms with van der Waals surface area (Å²) in [5.74, 6) is 1.25. The van der Waals surface area contributed by atoms with Crippen molar-refractivity contribution in [1.29, 1.82) is 0 Å². The van der Waals surface area contributed by atoms with Gasteiger partial charge in [-0.15, -0.1) is 0 Å². The second-order valence-corrected chi connectivity index (χ2v) is 13.4. The van der Waals surface area contributed by atoms with Crippen LogP contribution in [0.15, 0.2) is 34.1 Å². The first-order valence-corrected chi connectivity index (χ1v) is 15.2. The Hall–Kier alpha value is 0.120. The summed E-state index contributed by atoms with van der Waals surface area (Å²) in [7, 11) is -4.89. The Morgan fingerprint density at radius 2 is 1.00 bits per heavy atom. The third-order valence-electron chi connectivity index (χ3n) is 3.76. The number of benzene rings is 2. The summed E-state index contributed by atoms with van der Waals surface area (Å²) in [6, 6.07) is 5.64. The van der Waals surface area contributed by atoms with Gasteiger partial charge in [0.25, 0.3) is 0 Å². The molecule has 6 nitrogen and oxygen atoms in total. The minimum atomic E-state index is -3.97. The van der Waals surface area contributed by atoms with E-state index in [4.69, 9.17) is 56.7 Å². The van der Waals surface area contributed by atoms with Crippen LogP contribution >= 0.6 is 68.0 Å². The first-order valence-electron chi connectivity index (χ1n) is 8.06. The molecular weight excluding hydrogens is 554 g/mol. The van der Waals surface area contributed by atoms with Gasteiger partial charge in [0.15, 0.2) is 0 Å². The minimum Gasteiger partial charge on any atom is -0.225 e. The zero-order chi connectivity index (χ0) is 22.7. The van der Waals surface area contributed by atoms with Gasteiger partial charge in [-0.1, -0.05) is 68.0 Å². The van der Waals surface area contributed by atoms with Crippen LogP contribution < -0.4 is 10.3 Å². The average Bonchev–Trinajstić information content (AvgIpc) is 2.60. The van der Waals surface area contributed by atoms with Crippen molar-refractivity contribution in [3.63, 3.8) is 0 Å². The third kappa shape index (κ3) is 7.33. The monoisotopic (exact) mass is 568 g/mol. The van der Waals surface area contributed by atoms with E-state index < -0.39 is 20.0 Å². The van der Waals surface area contributed by atoms with Crippen molar-refractivity contribution in [3.05, 3.63) is 55.5 Å². The summed E-state index contributed by atoms with van der Waals surface area (Å²) in [6.45, 7) is 0. The third-order valence-corrected chi connectivity index (χ3v) is 9.60. The molecule has 0 aliphatic carbocycles. The lowest BCUT2D eigenvalue weighted by atomic mass is 10.2. The Balaban J connectivity index is 1.94. The predicted molar refractivity (Wildman–Crippen MR) is 128 cm³/mol. The van der Waals surface area contributed by atoms with Gasteiger partial charge in [0.05, 0.1) is 10.0 Å². The van der Waals surface area contributed by atoms with Crippen LogP contribution in [0.25, 0.3) is 0 Å². The van der Waals surface area contributed by atoms with E-state index in [0.29, 0.717) is 35.5 Å². The second kappa shape index (κ2) is 10.8. The molecule has 4 N–H and O–H groups in total. The van der Waals surface area contributed by atoms with Gasteiger partial charge in [0.1, 0.15) is 9.79 Å². The highest BCUT2D eigenvalue weighted by atomic mass is 35.5. The van der Waals surface area contributed by atoms with Gasteiger partial charge in [-0.3, -0.25) is 0 Å². The van der Waals surface area contributed by atoms with E-state index in [-0.39, 0.29) is 29.9 Å². The SMILES string of the molecule is NS(=O)(=O)c1cc(Cl)cc(CCSSCCc2cc(Cl)cc(S(N)(=O)=O)c2Cl)c1Cl. The van der Waals surface area contributed by atoms with Crippen LogP contribution in [0.3, 0.4) is 0 Å². The second-order valence-electron chi connectivity index (χ2n) is 5.99. The van der Waals surface area contributed by atoms with Crippen molar-refractivity contribution in [1.82, 2.24) is 0 Å². The molecule has 0 amide bonds. The fraction of sp³-hybridized carbons (Fsp3) is 0.250. The van der Waals surface area contributed by atoms with Crippen LogP contribution in [0.1, 0.15) is 11.1 Å². The Bertz CT molecular complexity index is 1070. The van der Waals surface area contributed by atoms with Crippen molar-refractivity contribution in [2.75, 3.05) is 11.5 Å². The maximum Gasteiger partial charge on any atom is 0.239 e. The largest absolute Gasteiger partial charge is 0.239 e. The Kier molecular flexibility index (Phi) is 9.52. The maximum atomic E-state index is 11.6. The van der Waals surface area contributed by atoms with Crippen LogP contribution in [-0.4, -0.2) is 28.3 Å². The first-order chi connectivity index (χ1) is 13.8. The van der Waals surface area contributed by atoms with Crippen molar-refractivity contribution >= 4 is 88.0 Å². The summed E-state index contributed by atoms with van der Waals surface area (Å²) in [6.07, 6.45) is 0.958. The molecule has 166 valence electrons. The molecule has 0 atom stereocenters. The number of hydrogen-bond donors (Lipinski definition) is 2. The number of primary sulfonamides is 2. The summed E-state index contributed by atoms with van der Waals surface area (Å²) in [5, 5.41) is 10.9. The molecule has 2 aromatic rings. The molecule has 0 aliphatic heterocycles. The summed E-state index contributed by atoms with van der Waals surface area (Å²) in [5.41, 5.74) is 1.16. The molecule has 0 aliphatic rings. The first kappa shape index (κ1) is 26.4. The number of sulfonamides is 2. The number of nitrogens with two attached hydrogens (primary N) is 2. The quantitative estimate of drug-likeness (QED) is 0.332. The predicted octanol–water partition coefficient (Wildman–Crippen LogP) is 4.76. The Morgan fingerprint density at radius 3 is 1.30 bits per heavy atom. The molecule has 14 heteroatoms. The molecule has 0 heterocycles. The molecule has 0 bridgehead atoms. The summed E-state index contributed by atoms with van der Waals surface area (Å²) in [4.78, 5) is -0.406. The molecular formula is C16H16Cl4N2O4S4. The van der Waals surface area contributed by atoms with Crippen LogP contribution in [0.4, 0.5) is 0 Å². The highest BCUT2D eigenvalue weighted by molar-refractivity contribution is 8.76. The van der Waals surface area contributed by atoms with E-state index in [1.165, 1.54) is 33.7 Å². The Morgan fingerprint density at radius 1 is 0.667 bits per heavy atom. The number of hydrogen-bond acceptors (Lipinski definition) is 6. The molecule has 30 heavy (non-hydrogen) atoms. The van der Waals surface area contributed by atoms with Crippen molar-refractivity contribution < 1.29 is 16.8 Å². The topological polar surface area (TPSA) is 120 Å².